The fourth-order valence-electron chi connectivity index (χ4n) is 1.55. The van der Waals surface area contributed by atoms with Gasteiger partial charge in [0.15, 0.2) is 5.11 Å². The molecule has 7 heteroatoms. The molecule has 0 spiro atoms. The third-order valence-electron chi connectivity index (χ3n) is 2.39. The number of benzene rings is 1. The molecule has 0 atom stereocenters. The number of hydrogen-bond acceptors (Lipinski definition) is 4. The number of nitrogens with one attached hydrogen (secondary N) is 1. The molecule has 0 saturated heterocycles. The highest BCUT2D eigenvalue weighted by Gasteiger charge is 2.10. The molecule has 1 aromatic heterocycles. The molecule has 0 radical (unpaired) electrons. The fraction of sp³-hybridized carbons (Fsp3) is 0.0769. The molecule has 0 fully saturated rings. The minimum atomic E-state index is -1.12. The van der Waals surface area contributed by atoms with Crippen molar-refractivity contribution in [2.75, 3.05) is 5.32 Å². The zero-order valence-corrected chi connectivity index (χ0v) is 11.1. The van der Waals surface area contributed by atoms with Crippen LogP contribution in [0.5, 0.6) is 5.75 Å². The van der Waals surface area contributed by atoms with Crippen LogP contribution >= 0.6 is 12.2 Å². The Bertz CT molecular complexity index is 639. The van der Waals surface area contributed by atoms with E-state index in [-0.39, 0.29) is 17.5 Å². The predicted molar refractivity (Wildman–Crippen MR) is 76.8 cm³/mol. The average molecular weight is 292 g/mol. The van der Waals surface area contributed by atoms with Crippen LogP contribution < -0.4 is 15.8 Å². The van der Waals surface area contributed by atoms with Crippen LogP contribution in [0.4, 0.5) is 5.69 Å². The summed E-state index contributed by atoms with van der Waals surface area (Å²) in [6.07, 6.45) is 0. The first kappa shape index (κ1) is 13.9. The summed E-state index contributed by atoms with van der Waals surface area (Å²) in [6.45, 7) is 0.101. The fourth-order valence-corrected chi connectivity index (χ4v) is 1.66. The van der Waals surface area contributed by atoms with E-state index >= 15 is 0 Å². The molecule has 1 aromatic carbocycles. The van der Waals surface area contributed by atoms with Gasteiger partial charge in [0.05, 0.1) is 5.69 Å². The highest BCUT2D eigenvalue weighted by molar-refractivity contribution is 7.80. The lowest BCUT2D eigenvalue weighted by molar-refractivity contribution is 0.0658. The number of nitrogens with two attached hydrogens (primary N) is 1. The van der Waals surface area contributed by atoms with E-state index in [0.717, 1.165) is 0 Å². The lowest BCUT2D eigenvalue weighted by atomic mass is 10.3. The maximum atomic E-state index is 10.7. The van der Waals surface area contributed by atoms with Crippen LogP contribution in [0.15, 0.2) is 40.8 Å². The van der Waals surface area contributed by atoms with E-state index in [1.807, 2.05) is 6.07 Å². The first-order chi connectivity index (χ1) is 9.56. The summed E-state index contributed by atoms with van der Waals surface area (Å²) >= 11 is 4.77. The number of carboxylic acids is 1. The largest absolute Gasteiger partial charge is 0.483 e. The number of carbonyl (C=O) groups is 1. The Morgan fingerprint density at radius 1 is 1.35 bits per heavy atom. The van der Waals surface area contributed by atoms with Crippen molar-refractivity contribution >= 4 is 29.0 Å². The van der Waals surface area contributed by atoms with Gasteiger partial charge in [-0.3, -0.25) is 0 Å². The van der Waals surface area contributed by atoms with Crippen LogP contribution in [-0.4, -0.2) is 16.2 Å². The Hall–Kier alpha value is -2.54. The molecule has 2 aromatic rings. The number of furan rings is 1. The lowest BCUT2D eigenvalue weighted by Gasteiger charge is -2.11. The SMILES string of the molecule is NC(=S)Nc1ccccc1OCc1ccc(C(=O)O)o1. The Morgan fingerprint density at radius 3 is 2.75 bits per heavy atom. The molecule has 0 bridgehead atoms. The van der Waals surface area contributed by atoms with Gasteiger partial charge in [-0.1, -0.05) is 12.1 Å². The Labute approximate surface area is 120 Å². The summed E-state index contributed by atoms with van der Waals surface area (Å²) in [5.41, 5.74) is 6.05. The quantitative estimate of drug-likeness (QED) is 0.727. The van der Waals surface area contributed by atoms with Gasteiger partial charge in [0.25, 0.3) is 0 Å². The predicted octanol–water partition coefficient (Wildman–Crippen LogP) is 2.21. The molecule has 2 rings (SSSR count). The van der Waals surface area contributed by atoms with Crippen LogP contribution in [0.1, 0.15) is 16.3 Å². The summed E-state index contributed by atoms with van der Waals surface area (Å²) in [5.74, 6) is -0.300. The molecule has 0 aliphatic heterocycles. The third kappa shape index (κ3) is 3.48. The first-order valence-electron chi connectivity index (χ1n) is 5.66. The molecule has 0 aliphatic carbocycles. The van der Waals surface area contributed by atoms with Crippen LogP contribution in [0.2, 0.25) is 0 Å². The molecule has 104 valence electrons. The van der Waals surface area contributed by atoms with E-state index in [0.29, 0.717) is 17.2 Å². The van der Waals surface area contributed by atoms with Crippen LogP contribution in [0.3, 0.4) is 0 Å². The Morgan fingerprint density at radius 2 is 2.10 bits per heavy atom. The highest BCUT2D eigenvalue weighted by atomic mass is 32.1. The van der Waals surface area contributed by atoms with Crippen molar-refractivity contribution in [1.82, 2.24) is 0 Å². The Kier molecular flexibility index (Phi) is 4.21. The zero-order valence-electron chi connectivity index (χ0n) is 10.3. The van der Waals surface area contributed by atoms with Gasteiger partial charge in [-0.05, 0) is 36.5 Å². The van der Waals surface area contributed by atoms with Gasteiger partial charge in [0.2, 0.25) is 5.76 Å². The minimum Gasteiger partial charge on any atom is -0.483 e. The van der Waals surface area contributed by atoms with Crippen molar-refractivity contribution in [2.24, 2.45) is 5.73 Å². The number of carboxylic acid groups (broad SMARTS) is 1. The molecule has 0 saturated carbocycles. The molecule has 6 nitrogen and oxygen atoms in total. The second kappa shape index (κ2) is 6.07. The summed E-state index contributed by atoms with van der Waals surface area (Å²) in [6, 6.07) is 10.0. The van der Waals surface area contributed by atoms with E-state index in [2.05, 4.69) is 5.32 Å². The van der Waals surface area contributed by atoms with Crippen molar-refractivity contribution in [3.8, 4) is 5.75 Å². The van der Waals surface area contributed by atoms with Crippen LogP contribution in [0, 0.1) is 0 Å². The van der Waals surface area contributed by atoms with Gasteiger partial charge in [-0.15, -0.1) is 0 Å². The smallest absolute Gasteiger partial charge is 0.371 e. The van der Waals surface area contributed by atoms with Gasteiger partial charge in [0, 0.05) is 0 Å². The molecule has 20 heavy (non-hydrogen) atoms. The van der Waals surface area contributed by atoms with Crippen LogP contribution in [-0.2, 0) is 6.61 Å². The Balaban J connectivity index is 2.06. The van der Waals surface area contributed by atoms with E-state index in [1.54, 1.807) is 24.3 Å². The van der Waals surface area contributed by atoms with Crippen molar-refractivity contribution in [3.63, 3.8) is 0 Å². The standard InChI is InChI=1S/C13H12N2O4S/c14-13(20)15-9-3-1-2-4-10(9)18-7-8-5-6-11(19-8)12(16)17/h1-6H,7H2,(H,16,17)(H3,14,15,20). The summed E-state index contributed by atoms with van der Waals surface area (Å²) < 4.78 is 10.6. The summed E-state index contributed by atoms with van der Waals surface area (Å²) in [4.78, 5) is 10.7. The van der Waals surface area contributed by atoms with Gasteiger partial charge in [-0.25, -0.2) is 4.79 Å². The van der Waals surface area contributed by atoms with Crippen molar-refractivity contribution < 1.29 is 19.1 Å². The van der Waals surface area contributed by atoms with E-state index in [4.69, 9.17) is 32.2 Å². The number of hydrogen-bond donors (Lipinski definition) is 3. The van der Waals surface area contributed by atoms with Gasteiger partial charge < -0.3 is 25.3 Å². The molecular weight excluding hydrogens is 280 g/mol. The van der Waals surface area contributed by atoms with Crippen LogP contribution in [0.25, 0.3) is 0 Å². The second-order valence-corrected chi connectivity index (χ2v) is 4.29. The van der Waals surface area contributed by atoms with Gasteiger partial charge in [-0.2, -0.15) is 0 Å². The topological polar surface area (TPSA) is 97.7 Å². The number of aromatic carboxylic acids is 1. The molecule has 0 aliphatic rings. The van der Waals surface area contributed by atoms with E-state index in [9.17, 15) is 4.79 Å². The first-order valence-corrected chi connectivity index (χ1v) is 6.07. The summed E-state index contributed by atoms with van der Waals surface area (Å²) in [7, 11) is 0. The second-order valence-electron chi connectivity index (χ2n) is 3.85. The number of anilines is 1. The monoisotopic (exact) mass is 292 g/mol. The van der Waals surface area contributed by atoms with Crippen molar-refractivity contribution in [2.45, 2.75) is 6.61 Å². The number of thiocarbonyl (C=S) groups is 1. The van der Waals surface area contributed by atoms with Crippen molar-refractivity contribution in [3.05, 3.63) is 47.9 Å². The molecule has 0 unspecified atom stereocenters. The van der Waals surface area contributed by atoms with Gasteiger partial charge in [0.1, 0.15) is 18.1 Å². The third-order valence-corrected chi connectivity index (χ3v) is 2.49. The average Bonchev–Trinajstić information content (AvgIpc) is 2.86. The molecule has 0 amide bonds. The van der Waals surface area contributed by atoms with Gasteiger partial charge >= 0.3 is 5.97 Å². The lowest BCUT2D eigenvalue weighted by Crippen LogP contribution is -2.19. The molecule has 4 N–H and O–H groups in total. The molecular formula is C13H12N2O4S. The number of rotatable bonds is 5. The van der Waals surface area contributed by atoms with E-state index in [1.165, 1.54) is 6.07 Å². The maximum absolute atomic E-state index is 10.7. The normalized spacial score (nSPS) is 10.0. The molecule has 1 heterocycles. The zero-order chi connectivity index (χ0) is 14.5. The maximum Gasteiger partial charge on any atom is 0.371 e. The minimum absolute atomic E-state index is 0.101. The number of para-hydroxylation sites is 2. The number of ether oxygens (including phenoxy) is 1. The highest BCUT2D eigenvalue weighted by Crippen LogP contribution is 2.24. The van der Waals surface area contributed by atoms with Crippen molar-refractivity contribution in [1.29, 1.82) is 0 Å². The van der Waals surface area contributed by atoms with E-state index < -0.39 is 5.97 Å². The summed E-state index contributed by atoms with van der Waals surface area (Å²) in [5, 5.41) is 11.7.